The molecular formula is C20H30N3O. The molecule has 0 fully saturated rings. The van der Waals surface area contributed by atoms with Crippen molar-refractivity contribution in [2.75, 3.05) is 6.61 Å². The molecule has 0 atom stereocenters. The van der Waals surface area contributed by atoms with Crippen LogP contribution in [0.4, 0.5) is 0 Å². The van der Waals surface area contributed by atoms with Crippen LogP contribution in [0.5, 0.6) is 5.75 Å². The molecule has 0 bridgehead atoms. The van der Waals surface area contributed by atoms with E-state index in [1.54, 1.807) is 0 Å². The van der Waals surface area contributed by atoms with Crippen molar-refractivity contribution < 1.29 is 4.74 Å². The van der Waals surface area contributed by atoms with Crippen molar-refractivity contribution in [1.29, 1.82) is 0 Å². The molecule has 1 heterocycles. The minimum absolute atomic E-state index is 0.663. The Kier molecular flexibility index (Phi) is 8.99. The van der Waals surface area contributed by atoms with Gasteiger partial charge in [0.05, 0.1) is 6.61 Å². The normalized spacial score (nSPS) is 10.9. The van der Waals surface area contributed by atoms with E-state index >= 15 is 0 Å². The molecule has 4 heteroatoms. The summed E-state index contributed by atoms with van der Waals surface area (Å²) in [5.41, 5.74) is 0.971. The minimum Gasteiger partial charge on any atom is -0.494 e. The third-order valence-corrected chi connectivity index (χ3v) is 4.25. The summed E-state index contributed by atoms with van der Waals surface area (Å²) in [6, 6.07) is 7.90. The fourth-order valence-corrected chi connectivity index (χ4v) is 2.79. The average molecular weight is 328 g/mol. The predicted molar refractivity (Wildman–Crippen MR) is 98.0 cm³/mol. The zero-order valence-electron chi connectivity index (χ0n) is 14.9. The van der Waals surface area contributed by atoms with E-state index in [1.807, 2.05) is 24.3 Å². The van der Waals surface area contributed by atoms with Crippen molar-refractivity contribution in [1.82, 2.24) is 15.2 Å². The van der Waals surface area contributed by atoms with Gasteiger partial charge in [0.15, 0.2) is 12.2 Å². The maximum atomic E-state index is 5.79. The average Bonchev–Trinajstić information content (AvgIpc) is 3.15. The van der Waals surface area contributed by atoms with Gasteiger partial charge in [0.1, 0.15) is 5.75 Å². The summed E-state index contributed by atoms with van der Waals surface area (Å²) >= 11 is 0. The van der Waals surface area contributed by atoms with Crippen LogP contribution in [0.2, 0.25) is 0 Å². The summed E-state index contributed by atoms with van der Waals surface area (Å²) in [4.78, 5) is 4.02. The van der Waals surface area contributed by atoms with E-state index in [2.05, 4.69) is 28.4 Å². The summed E-state index contributed by atoms with van der Waals surface area (Å²) in [5.74, 6) is 1.57. The molecule has 2 aromatic rings. The number of nitrogens with one attached hydrogen (secondary N) is 1. The number of nitrogens with zero attached hydrogens (tertiary/aromatic N) is 2. The van der Waals surface area contributed by atoms with Gasteiger partial charge in [0.25, 0.3) is 0 Å². The highest BCUT2D eigenvalue weighted by molar-refractivity contribution is 5.55. The lowest BCUT2D eigenvalue weighted by Gasteiger charge is -2.06. The number of aromatic amines is 1. The number of unbranched alkanes of at least 4 members (excludes halogenated alkanes) is 9. The van der Waals surface area contributed by atoms with E-state index in [9.17, 15) is 0 Å². The monoisotopic (exact) mass is 328 g/mol. The smallest absolute Gasteiger partial charge is 0.193 e. The number of hydrogen-bond acceptors (Lipinski definition) is 3. The lowest BCUT2D eigenvalue weighted by atomic mass is 10.1. The molecule has 0 saturated carbocycles. The zero-order chi connectivity index (χ0) is 16.9. The van der Waals surface area contributed by atoms with E-state index < -0.39 is 0 Å². The van der Waals surface area contributed by atoms with Gasteiger partial charge in [-0.1, -0.05) is 64.7 Å². The number of benzene rings is 1. The van der Waals surface area contributed by atoms with Gasteiger partial charge in [-0.25, -0.2) is 4.98 Å². The van der Waals surface area contributed by atoms with Gasteiger partial charge in [-0.3, -0.25) is 5.10 Å². The van der Waals surface area contributed by atoms with Crippen LogP contribution >= 0.6 is 0 Å². The molecule has 1 radical (unpaired) electrons. The lowest BCUT2D eigenvalue weighted by molar-refractivity contribution is 0.304. The van der Waals surface area contributed by atoms with Gasteiger partial charge in [-0.15, -0.1) is 0 Å². The molecular weight excluding hydrogens is 298 g/mol. The van der Waals surface area contributed by atoms with Crippen LogP contribution in [-0.2, 0) is 0 Å². The van der Waals surface area contributed by atoms with Crippen LogP contribution in [0, 0.1) is 6.33 Å². The first-order valence-corrected chi connectivity index (χ1v) is 9.42. The standard InChI is InChI=1S/C20H30N3O/c1-2-3-4-5-6-7-8-9-10-11-16-24-19-14-12-18(13-15-19)20-21-17-22-23-20/h12-15H,2-11,16H2,1H3,(H,21,22,23). The van der Waals surface area contributed by atoms with Crippen LogP contribution in [0.15, 0.2) is 24.3 Å². The highest BCUT2D eigenvalue weighted by Crippen LogP contribution is 2.19. The van der Waals surface area contributed by atoms with Crippen molar-refractivity contribution in [2.45, 2.75) is 71.1 Å². The van der Waals surface area contributed by atoms with E-state index in [-0.39, 0.29) is 0 Å². The molecule has 0 amide bonds. The van der Waals surface area contributed by atoms with Gasteiger partial charge in [-0.2, -0.15) is 5.10 Å². The Morgan fingerprint density at radius 1 is 0.875 bits per heavy atom. The van der Waals surface area contributed by atoms with E-state index in [0.717, 1.165) is 24.3 Å². The molecule has 0 spiro atoms. The summed E-state index contributed by atoms with van der Waals surface area (Å²) in [6.45, 7) is 3.07. The molecule has 0 saturated heterocycles. The zero-order valence-corrected chi connectivity index (χ0v) is 14.9. The Labute approximate surface area is 146 Å². The maximum absolute atomic E-state index is 5.79. The first-order chi connectivity index (χ1) is 11.9. The number of ether oxygens (including phenoxy) is 1. The Bertz CT molecular complexity index is 522. The summed E-state index contributed by atoms with van der Waals surface area (Å²) in [6.07, 6.45) is 16.1. The van der Waals surface area contributed by atoms with Crippen molar-refractivity contribution in [3.63, 3.8) is 0 Å². The fourth-order valence-electron chi connectivity index (χ4n) is 2.79. The number of H-pyrrole nitrogens is 1. The number of aromatic nitrogens is 3. The quantitative estimate of drug-likeness (QED) is 0.489. The molecule has 0 unspecified atom stereocenters. The van der Waals surface area contributed by atoms with Crippen LogP contribution in [0.3, 0.4) is 0 Å². The second-order valence-electron chi connectivity index (χ2n) is 6.33. The predicted octanol–water partition coefficient (Wildman–Crippen LogP) is 5.57. The maximum Gasteiger partial charge on any atom is 0.193 e. The van der Waals surface area contributed by atoms with Crippen LogP contribution < -0.4 is 4.74 Å². The van der Waals surface area contributed by atoms with Gasteiger partial charge in [0.2, 0.25) is 0 Å². The van der Waals surface area contributed by atoms with Gasteiger partial charge >= 0.3 is 0 Å². The molecule has 24 heavy (non-hydrogen) atoms. The Hall–Kier alpha value is -1.84. The molecule has 0 aliphatic rings. The van der Waals surface area contributed by atoms with Crippen LogP contribution in [-0.4, -0.2) is 21.8 Å². The van der Waals surface area contributed by atoms with Crippen molar-refractivity contribution in [3.05, 3.63) is 30.6 Å². The Morgan fingerprint density at radius 2 is 1.50 bits per heavy atom. The molecule has 0 aliphatic carbocycles. The topological polar surface area (TPSA) is 50.8 Å². The Morgan fingerprint density at radius 3 is 2.08 bits per heavy atom. The third-order valence-electron chi connectivity index (χ3n) is 4.25. The second-order valence-corrected chi connectivity index (χ2v) is 6.33. The third kappa shape index (κ3) is 7.16. The van der Waals surface area contributed by atoms with Crippen LogP contribution in [0.1, 0.15) is 71.1 Å². The van der Waals surface area contributed by atoms with Crippen molar-refractivity contribution >= 4 is 0 Å². The first kappa shape index (κ1) is 18.5. The molecule has 131 valence electrons. The van der Waals surface area contributed by atoms with Gasteiger partial charge in [0, 0.05) is 5.56 Å². The highest BCUT2D eigenvalue weighted by Gasteiger charge is 2.02. The second kappa shape index (κ2) is 11.7. The van der Waals surface area contributed by atoms with E-state index in [4.69, 9.17) is 4.74 Å². The first-order valence-electron chi connectivity index (χ1n) is 9.42. The molecule has 2 rings (SSSR count). The fraction of sp³-hybridized carbons (Fsp3) is 0.600. The number of hydrogen-bond donors (Lipinski definition) is 1. The summed E-state index contributed by atoms with van der Waals surface area (Å²) in [5, 5.41) is 6.62. The SMILES string of the molecule is CCCCCCCCCCCCOc1ccc(-c2n[c][nH]n2)cc1. The van der Waals surface area contributed by atoms with E-state index in [1.165, 1.54) is 57.8 Å². The number of rotatable bonds is 13. The largest absolute Gasteiger partial charge is 0.494 e. The molecule has 4 nitrogen and oxygen atoms in total. The lowest BCUT2D eigenvalue weighted by Crippen LogP contribution is -1.97. The minimum atomic E-state index is 0.663. The van der Waals surface area contributed by atoms with Gasteiger partial charge < -0.3 is 4.74 Å². The summed E-state index contributed by atoms with van der Waals surface area (Å²) in [7, 11) is 0. The van der Waals surface area contributed by atoms with Crippen molar-refractivity contribution in [2.24, 2.45) is 0 Å². The Balaban J connectivity index is 1.47. The molecule has 1 N–H and O–H groups in total. The van der Waals surface area contributed by atoms with E-state index in [0.29, 0.717) is 5.82 Å². The molecule has 0 aliphatic heterocycles. The van der Waals surface area contributed by atoms with Gasteiger partial charge in [-0.05, 0) is 30.7 Å². The summed E-state index contributed by atoms with van der Waals surface area (Å²) < 4.78 is 5.79. The molecule has 1 aromatic heterocycles. The van der Waals surface area contributed by atoms with Crippen LogP contribution in [0.25, 0.3) is 11.4 Å². The van der Waals surface area contributed by atoms with Crippen molar-refractivity contribution in [3.8, 4) is 17.1 Å². The highest BCUT2D eigenvalue weighted by atomic mass is 16.5. The molecule has 1 aromatic carbocycles.